The van der Waals surface area contributed by atoms with Gasteiger partial charge in [0.05, 0.1) is 0 Å². The smallest absolute Gasteiger partial charge is 0.239 e. The van der Waals surface area contributed by atoms with E-state index in [1.165, 1.54) is 12.1 Å². The minimum absolute atomic E-state index is 0.391. The molecule has 0 saturated heterocycles. The van der Waals surface area contributed by atoms with Gasteiger partial charge in [0.2, 0.25) is 5.91 Å². The second-order valence-corrected chi connectivity index (χ2v) is 3.91. The third-order valence-corrected chi connectivity index (χ3v) is 2.68. The number of rotatable bonds is 4. The van der Waals surface area contributed by atoms with Crippen LogP contribution in [0.5, 0.6) is 0 Å². The summed E-state index contributed by atoms with van der Waals surface area (Å²) in [5.41, 5.74) is 5.75. The van der Waals surface area contributed by atoms with Crippen molar-refractivity contribution >= 4 is 21.8 Å². The summed E-state index contributed by atoms with van der Waals surface area (Å²) in [5.74, 6) is -0.916. The van der Waals surface area contributed by atoms with E-state index in [-0.39, 0.29) is 0 Å². The number of carbonyl (C=O) groups is 1. The molecule has 1 amide bonds. The molecule has 0 heterocycles. The predicted octanol–water partition coefficient (Wildman–Crippen LogP) is 1.72. The fourth-order valence-electron chi connectivity index (χ4n) is 1.30. The first kappa shape index (κ1) is 12.1. The van der Waals surface area contributed by atoms with Crippen molar-refractivity contribution in [1.82, 2.24) is 5.32 Å². The molecule has 0 aliphatic carbocycles. The summed E-state index contributed by atoms with van der Waals surface area (Å²) in [6, 6.07) is 3.50. The van der Waals surface area contributed by atoms with Crippen LogP contribution in [-0.2, 0) is 4.79 Å². The van der Waals surface area contributed by atoms with Gasteiger partial charge >= 0.3 is 0 Å². The number of primary amides is 1. The molecule has 0 radical (unpaired) electrons. The molecule has 1 aromatic rings. The lowest BCUT2D eigenvalue weighted by Gasteiger charge is -2.16. The zero-order valence-corrected chi connectivity index (χ0v) is 9.84. The van der Waals surface area contributed by atoms with E-state index >= 15 is 0 Å². The van der Waals surface area contributed by atoms with E-state index in [1.54, 1.807) is 6.07 Å². The number of hydrogen-bond donors (Lipinski definition) is 2. The Morgan fingerprint density at radius 1 is 1.67 bits per heavy atom. The van der Waals surface area contributed by atoms with E-state index in [4.69, 9.17) is 5.73 Å². The molecule has 1 atom stereocenters. The van der Waals surface area contributed by atoms with Gasteiger partial charge in [-0.15, -0.1) is 0 Å². The van der Waals surface area contributed by atoms with Gasteiger partial charge in [-0.1, -0.05) is 22.9 Å². The molecule has 1 aromatic carbocycles. The van der Waals surface area contributed by atoms with Crippen molar-refractivity contribution < 1.29 is 9.18 Å². The number of benzene rings is 1. The summed E-state index contributed by atoms with van der Waals surface area (Å²) in [6.45, 7) is 2.43. The highest BCUT2D eigenvalue weighted by Gasteiger charge is 2.19. The van der Waals surface area contributed by atoms with Gasteiger partial charge in [0.1, 0.15) is 11.9 Å². The minimum Gasteiger partial charge on any atom is -0.368 e. The number of amides is 1. The number of nitrogens with one attached hydrogen (secondary N) is 1. The van der Waals surface area contributed by atoms with Crippen molar-refractivity contribution in [1.29, 1.82) is 0 Å². The molecule has 0 aliphatic rings. The SMILES string of the molecule is CCNC(C(N)=O)c1cc(F)ccc1Br. The monoisotopic (exact) mass is 274 g/mol. The van der Waals surface area contributed by atoms with Gasteiger partial charge in [-0.05, 0) is 30.3 Å². The molecule has 82 valence electrons. The summed E-state index contributed by atoms with van der Waals surface area (Å²) in [7, 11) is 0. The largest absolute Gasteiger partial charge is 0.368 e. The van der Waals surface area contributed by atoms with Crippen LogP contribution in [0.1, 0.15) is 18.5 Å². The summed E-state index contributed by atoms with van der Waals surface area (Å²) in [5, 5.41) is 2.90. The Hall–Kier alpha value is -0.940. The Morgan fingerprint density at radius 2 is 2.33 bits per heavy atom. The van der Waals surface area contributed by atoms with Gasteiger partial charge < -0.3 is 11.1 Å². The lowest BCUT2D eigenvalue weighted by molar-refractivity contribution is -0.120. The Labute approximate surface area is 96.0 Å². The molecule has 1 rings (SSSR count). The minimum atomic E-state index is -0.667. The highest BCUT2D eigenvalue weighted by molar-refractivity contribution is 9.10. The molecule has 1 unspecified atom stereocenters. The quantitative estimate of drug-likeness (QED) is 0.879. The van der Waals surface area contributed by atoms with Gasteiger partial charge in [0.15, 0.2) is 0 Å². The number of halogens is 2. The molecule has 0 saturated carbocycles. The van der Waals surface area contributed by atoms with E-state index in [9.17, 15) is 9.18 Å². The highest BCUT2D eigenvalue weighted by Crippen LogP contribution is 2.24. The number of likely N-dealkylation sites (N-methyl/N-ethyl adjacent to an activating group) is 1. The maximum Gasteiger partial charge on any atom is 0.239 e. The molecular formula is C10H12BrFN2O. The predicted molar refractivity (Wildman–Crippen MR) is 59.7 cm³/mol. The van der Waals surface area contributed by atoms with Crippen molar-refractivity contribution in [3.63, 3.8) is 0 Å². The molecule has 0 bridgehead atoms. The second-order valence-electron chi connectivity index (χ2n) is 3.06. The summed E-state index contributed by atoms with van der Waals surface area (Å²) < 4.78 is 13.7. The molecule has 0 fully saturated rings. The molecule has 3 nitrogen and oxygen atoms in total. The Bertz CT molecular complexity index is 370. The Balaban J connectivity index is 3.09. The third-order valence-electron chi connectivity index (χ3n) is 1.96. The molecule has 0 aliphatic heterocycles. The topological polar surface area (TPSA) is 55.1 Å². The lowest BCUT2D eigenvalue weighted by atomic mass is 10.1. The lowest BCUT2D eigenvalue weighted by Crippen LogP contribution is -2.33. The Kier molecular flexibility index (Phi) is 4.23. The maximum atomic E-state index is 13.0. The van der Waals surface area contributed by atoms with Crippen LogP contribution in [0.2, 0.25) is 0 Å². The van der Waals surface area contributed by atoms with Crippen LogP contribution in [0.15, 0.2) is 22.7 Å². The van der Waals surface area contributed by atoms with Crippen LogP contribution in [0.4, 0.5) is 4.39 Å². The average Bonchev–Trinajstić information content (AvgIpc) is 2.18. The van der Waals surface area contributed by atoms with Crippen LogP contribution in [0, 0.1) is 5.82 Å². The van der Waals surface area contributed by atoms with Crippen LogP contribution in [0.3, 0.4) is 0 Å². The second kappa shape index (κ2) is 5.23. The first-order valence-corrected chi connectivity index (χ1v) is 5.33. The first-order valence-electron chi connectivity index (χ1n) is 4.54. The van der Waals surface area contributed by atoms with E-state index in [0.717, 1.165) is 0 Å². The van der Waals surface area contributed by atoms with Gasteiger partial charge in [-0.25, -0.2) is 4.39 Å². The molecule has 15 heavy (non-hydrogen) atoms. The number of nitrogens with two attached hydrogens (primary N) is 1. The van der Waals surface area contributed by atoms with Crippen LogP contribution in [0.25, 0.3) is 0 Å². The normalized spacial score (nSPS) is 12.5. The average molecular weight is 275 g/mol. The number of hydrogen-bond acceptors (Lipinski definition) is 2. The fraction of sp³-hybridized carbons (Fsp3) is 0.300. The van der Waals surface area contributed by atoms with Crippen molar-refractivity contribution in [3.05, 3.63) is 34.1 Å². The summed E-state index contributed by atoms with van der Waals surface area (Å²) in [4.78, 5) is 11.2. The van der Waals surface area contributed by atoms with E-state index in [0.29, 0.717) is 16.6 Å². The van der Waals surface area contributed by atoms with E-state index in [2.05, 4.69) is 21.2 Å². The van der Waals surface area contributed by atoms with Crippen LogP contribution in [-0.4, -0.2) is 12.5 Å². The summed E-state index contributed by atoms with van der Waals surface area (Å²) >= 11 is 3.25. The van der Waals surface area contributed by atoms with Crippen molar-refractivity contribution in [2.24, 2.45) is 5.73 Å². The molecule has 0 spiro atoms. The summed E-state index contributed by atoms with van der Waals surface area (Å²) in [6.07, 6.45) is 0. The zero-order valence-electron chi connectivity index (χ0n) is 8.26. The van der Waals surface area contributed by atoms with E-state index < -0.39 is 17.8 Å². The van der Waals surface area contributed by atoms with Gasteiger partial charge in [0.25, 0.3) is 0 Å². The Morgan fingerprint density at radius 3 is 2.87 bits per heavy atom. The molecule has 0 aromatic heterocycles. The fourth-order valence-corrected chi connectivity index (χ4v) is 1.78. The van der Waals surface area contributed by atoms with Crippen molar-refractivity contribution in [2.75, 3.05) is 6.54 Å². The standard InChI is InChI=1S/C10H12BrFN2O/c1-2-14-9(10(13)15)7-5-6(12)3-4-8(7)11/h3-5,9,14H,2H2,1H3,(H2,13,15). The van der Waals surface area contributed by atoms with Crippen LogP contribution < -0.4 is 11.1 Å². The van der Waals surface area contributed by atoms with Crippen molar-refractivity contribution in [3.8, 4) is 0 Å². The molecular weight excluding hydrogens is 263 g/mol. The third kappa shape index (κ3) is 3.00. The van der Waals surface area contributed by atoms with Gasteiger partial charge in [0, 0.05) is 4.47 Å². The van der Waals surface area contributed by atoms with Gasteiger partial charge in [-0.2, -0.15) is 0 Å². The molecule has 5 heteroatoms. The zero-order chi connectivity index (χ0) is 11.4. The highest BCUT2D eigenvalue weighted by atomic mass is 79.9. The van der Waals surface area contributed by atoms with Crippen molar-refractivity contribution in [2.45, 2.75) is 13.0 Å². The first-order chi connectivity index (χ1) is 7.06. The van der Waals surface area contributed by atoms with Crippen LogP contribution >= 0.6 is 15.9 Å². The number of carbonyl (C=O) groups excluding carboxylic acids is 1. The molecule has 3 N–H and O–H groups in total. The van der Waals surface area contributed by atoms with E-state index in [1.807, 2.05) is 6.92 Å². The maximum absolute atomic E-state index is 13.0. The van der Waals surface area contributed by atoms with Gasteiger partial charge in [-0.3, -0.25) is 4.79 Å².